The average molecular weight is 288 g/mol. The first-order valence-electron chi connectivity index (χ1n) is 7.91. The van der Waals surface area contributed by atoms with Crippen molar-refractivity contribution in [3.63, 3.8) is 0 Å². The molecule has 2 heterocycles. The Morgan fingerprint density at radius 1 is 1.29 bits per heavy atom. The van der Waals surface area contributed by atoms with Crippen LogP contribution < -0.4 is 5.73 Å². The molecule has 3 rings (SSSR count). The Bertz CT molecular complexity index is 483. The molecule has 21 heavy (non-hydrogen) atoms. The molecule has 114 valence electrons. The largest absolute Gasteiger partial charge is 0.381 e. The van der Waals surface area contributed by atoms with E-state index in [1.54, 1.807) is 0 Å². The van der Waals surface area contributed by atoms with E-state index in [0.717, 1.165) is 25.8 Å². The minimum Gasteiger partial charge on any atom is -0.381 e. The number of amides is 1. The molecule has 2 N–H and O–H groups in total. The van der Waals surface area contributed by atoms with Gasteiger partial charge >= 0.3 is 0 Å². The van der Waals surface area contributed by atoms with Crippen molar-refractivity contribution in [1.82, 2.24) is 4.90 Å². The van der Waals surface area contributed by atoms with Gasteiger partial charge in [-0.05, 0) is 37.7 Å². The van der Waals surface area contributed by atoms with Crippen molar-refractivity contribution in [3.8, 4) is 0 Å². The summed E-state index contributed by atoms with van der Waals surface area (Å²) in [5.74, 6) is 0.129. The van der Waals surface area contributed by atoms with E-state index in [-0.39, 0.29) is 5.91 Å². The number of benzene rings is 1. The molecule has 0 aliphatic carbocycles. The minimum absolute atomic E-state index is 0.129. The zero-order chi connectivity index (χ0) is 14.7. The van der Waals surface area contributed by atoms with Crippen LogP contribution in [-0.4, -0.2) is 42.1 Å². The molecule has 1 amide bonds. The maximum atomic E-state index is 12.9. The highest BCUT2D eigenvalue weighted by Crippen LogP contribution is 2.27. The molecule has 1 aromatic rings. The van der Waals surface area contributed by atoms with Crippen LogP contribution in [0.3, 0.4) is 0 Å². The molecule has 2 aliphatic rings. The van der Waals surface area contributed by atoms with E-state index in [4.69, 9.17) is 10.5 Å². The van der Waals surface area contributed by atoms with Crippen molar-refractivity contribution >= 4 is 5.91 Å². The summed E-state index contributed by atoms with van der Waals surface area (Å²) in [6.07, 6.45) is 4.36. The van der Waals surface area contributed by atoms with Crippen molar-refractivity contribution < 1.29 is 9.53 Å². The molecule has 1 unspecified atom stereocenters. The molecular weight excluding hydrogens is 264 g/mol. The monoisotopic (exact) mass is 288 g/mol. The van der Waals surface area contributed by atoms with Gasteiger partial charge in [-0.25, -0.2) is 0 Å². The Hall–Kier alpha value is -1.39. The lowest BCUT2D eigenvalue weighted by Gasteiger charge is -2.37. The van der Waals surface area contributed by atoms with E-state index in [1.807, 2.05) is 11.0 Å². The smallest absolute Gasteiger partial charge is 0.243 e. The summed E-state index contributed by atoms with van der Waals surface area (Å²) in [5, 5.41) is 0. The van der Waals surface area contributed by atoms with E-state index < -0.39 is 5.54 Å². The fourth-order valence-corrected chi connectivity index (χ4v) is 3.44. The molecule has 0 aromatic heterocycles. The van der Waals surface area contributed by atoms with Crippen molar-refractivity contribution in [2.75, 3.05) is 19.8 Å². The minimum atomic E-state index is -0.711. The highest BCUT2D eigenvalue weighted by molar-refractivity contribution is 5.86. The van der Waals surface area contributed by atoms with Crippen LogP contribution in [0.2, 0.25) is 0 Å². The van der Waals surface area contributed by atoms with Gasteiger partial charge in [0.25, 0.3) is 0 Å². The van der Waals surface area contributed by atoms with Gasteiger partial charge in [-0.2, -0.15) is 0 Å². The third kappa shape index (κ3) is 3.11. The molecule has 2 saturated heterocycles. The third-order valence-corrected chi connectivity index (χ3v) is 4.76. The Morgan fingerprint density at radius 3 is 2.71 bits per heavy atom. The molecule has 0 saturated carbocycles. The van der Waals surface area contributed by atoms with Gasteiger partial charge in [-0.1, -0.05) is 30.3 Å². The Labute approximate surface area is 126 Å². The molecule has 2 fully saturated rings. The lowest BCUT2D eigenvalue weighted by molar-refractivity contribution is -0.141. The van der Waals surface area contributed by atoms with Gasteiger partial charge in [0.1, 0.15) is 0 Å². The van der Waals surface area contributed by atoms with Crippen LogP contribution in [0.5, 0.6) is 0 Å². The molecule has 0 bridgehead atoms. The van der Waals surface area contributed by atoms with Crippen molar-refractivity contribution in [2.45, 2.75) is 43.7 Å². The lowest BCUT2D eigenvalue weighted by Crippen LogP contribution is -2.59. The lowest BCUT2D eigenvalue weighted by atomic mass is 9.89. The summed E-state index contributed by atoms with van der Waals surface area (Å²) in [6.45, 7) is 2.04. The molecule has 4 nitrogen and oxygen atoms in total. The van der Waals surface area contributed by atoms with Gasteiger partial charge in [0.05, 0.1) is 5.54 Å². The molecule has 0 radical (unpaired) electrons. The Balaban J connectivity index is 1.70. The van der Waals surface area contributed by atoms with Crippen LogP contribution in [-0.2, 0) is 16.0 Å². The summed E-state index contributed by atoms with van der Waals surface area (Å²) in [5.41, 5.74) is 6.95. The van der Waals surface area contributed by atoms with Gasteiger partial charge in [0.2, 0.25) is 5.91 Å². The number of likely N-dealkylation sites (tertiary alicyclic amines) is 1. The zero-order valence-corrected chi connectivity index (χ0v) is 12.5. The van der Waals surface area contributed by atoms with Crippen LogP contribution in [0.1, 0.15) is 31.2 Å². The van der Waals surface area contributed by atoms with Gasteiger partial charge in [-0.15, -0.1) is 0 Å². The standard InChI is InChI=1S/C17H24N2O2/c18-17(8-11-21-12-9-17)16(20)19-10-4-7-15(19)13-14-5-2-1-3-6-14/h1-3,5-6,15H,4,7-13,18H2. The first-order chi connectivity index (χ1) is 10.2. The summed E-state index contributed by atoms with van der Waals surface area (Å²) in [7, 11) is 0. The van der Waals surface area contributed by atoms with E-state index in [1.165, 1.54) is 5.56 Å². The van der Waals surface area contributed by atoms with E-state index >= 15 is 0 Å². The second kappa shape index (κ2) is 6.16. The topological polar surface area (TPSA) is 55.6 Å². The molecule has 1 atom stereocenters. The fraction of sp³-hybridized carbons (Fsp3) is 0.588. The van der Waals surface area contributed by atoms with Crippen molar-refractivity contribution in [1.29, 1.82) is 0 Å². The Kier molecular flexibility index (Phi) is 4.27. The highest BCUT2D eigenvalue weighted by Gasteiger charge is 2.42. The van der Waals surface area contributed by atoms with E-state index in [2.05, 4.69) is 24.3 Å². The average Bonchev–Trinajstić information content (AvgIpc) is 2.96. The number of hydrogen-bond donors (Lipinski definition) is 1. The second-order valence-corrected chi connectivity index (χ2v) is 6.25. The second-order valence-electron chi connectivity index (χ2n) is 6.25. The van der Waals surface area contributed by atoms with Crippen LogP contribution in [0, 0.1) is 0 Å². The molecule has 2 aliphatic heterocycles. The molecule has 0 spiro atoms. The maximum absolute atomic E-state index is 12.9. The molecular formula is C17H24N2O2. The number of carbonyl (C=O) groups excluding carboxylic acids is 1. The summed E-state index contributed by atoms with van der Waals surface area (Å²) >= 11 is 0. The van der Waals surface area contributed by atoms with Gasteiger partial charge in [-0.3, -0.25) is 4.79 Å². The number of ether oxygens (including phenoxy) is 1. The number of hydrogen-bond acceptors (Lipinski definition) is 3. The number of rotatable bonds is 3. The van der Waals surface area contributed by atoms with Crippen LogP contribution in [0.4, 0.5) is 0 Å². The predicted octanol–water partition coefficient (Wildman–Crippen LogP) is 1.73. The SMILES string of the molecule is NC1(C(=O)N2CCCC2Cc2ccccc2)CCOCC1. The fourth-order valence-electron chi connectivity index (χ4n) is 3.44. The number of nitrogens with zero attached hydrogens (tertiary/aromatic N) is 1. The van der Waals surface area contributed by atoms with E-state index in [9.17, 15) is 4.79 Å². The molecule has 4 heteroatoms. The number of carbonyl (C=O) groups is 1. The first-order valence-corrected chi connectivity index (χ1v) is 7.91. The summed E-state index contributed by atoms with van der Waals surface area (Å²) in [6, 6.07) is 10.7. The van der Waals surface area contributed by atoms with Crippen LogP contribution in [0.25, 0.3) is 0 Å². The van der Waals surface area contributed by atoms with Crippen molar-refractivity contribution in [2.24, 2.45) is 5.73 Å². The van der Waals surface area contributed by atoms with Gasteiger partial charge < -0.3 is 15.4 Å². The predicted molar refractivity (Wildman–Crippen MR) is 81.9 cm³/mol. The molecule has 1 aromatic carbocycles. The Morgan fingerprint density at radius 2 is 2.00 bits per heavy atom. The summed E-state index contributed by atoms with van der Waals surface area (Å²) < 4.78 is 5.35. The zero-order valence-electron chi connectivity index (χ0n) is 12.5. The van der Waals surface area contributed by atoms with Crippen LogP contribution >= 0.6 is 0 Å². The quantitative estimate of drug-likeness (QED) is 0.921. The van der Waals surface area contributed by atoms with Gasteiger partial charge in [0.15, 0.2) is 0 Å². The van der Waals surface area contributed by atoms with Gasteiger partial charge in [0, 0.05) is 25.8 Å². The van der Waals surface area contributed by atoms with Crippen molar-refractivity contribution in [3.05, 3.63) is 35.9 Å². The summed E-state index contributed by atoms with van der Waals surface area (Å²) in [4.78, 5) is 14.9. The first kappa shape index (κ1) is 14.5. The third-order valence-electron chi connectivity index (χ3n) is 4.76. The normalized spacial score (nSPS) is 25.0. The number of nitrogens with two attached hydrogens (primary N) is 1. The van der Waals surface area contributed by atoms with Crippen LogP contribution in [0.15, 0.2) is 30.3 Å². The highest BCUT2D eigenvalue weighted by atomic mass is 16.5. The van der Waals surface area contributed by atoms with E-state index in [0.29, 0.717) is 32.1 Å². The maximum Gasteiger partial charge on any atom is 0.243 e.